The molecule has 2 heterocycles. The van der Waals surface area contributed by atoms with E-state index in [4.69, 9.17) is 0 Å². The summed E-state index contributed by atoms with van der Waals surface area (Å²) in [5, 5.41) is 12.6. The Morgan fingerprint density at radius 2 is 1.95 bits per heavy atom. The van der Waals surface area contributed by atoms with Crippen LogP contribution in [0.2, 0.25) is 0 Å². The zero-order valence-electron chi connectivity index (χ0n) is 12.1. The average molecular weight is 288 g/mol. The van der Waals surface area contributed by atoms with Gasteiger partial charge in [0.05, 0.1) is 0 Å². The Kier molecular flexibility index (Phi) is 3.68. The van der Waals surface area contributed by atoms with E-state index in [9.17, 15) is 14.7 Å². The highest BCUT2D eigenvalue weighted by Gasteiger charge is 2.39. The van der Waals surface area contributed by atoms with Gasteiger partial charge in [0.25, 0.3) is 0 Å². The maximum Gasteiger partial charge on any atom is 0.326 e. The molecule has 2 unspecified atom stereocenters. The Hall–Kier alpha value is -1.88. The Balaban J connectivity index is 1.85. The molecule has 0 aromatic heterocycles. The summed E-state index contributed by atoms with van der Waals surface area (Å²) in [6, 6.07) is 7.03. The number of hydrogen-bond acceptors (Lipinski definition) is 3. The van der Waals surface area contributed by atoms with Crippen LogP contribution >= 0.6 is 0 Å². The van der Waals surface area contributed by atoms with Gasteiger partial charge in [0.15, 0.2) is 0 Å². The van der Waals surface area contributed by atoms with Crippen LogP contribution in [0.5, 0.6) is 0 Å². The summed E-state index contributed by atoms with van der Waals surface area (Å²) in [5.74, 6) is -0.761. The van der Waals surface area contributed by atoms with Crippen molar-refractivity contribution in [2.45, 2.75) is 25.9 Å². The molecule has 21 heavy (non-hydrogen) atoms. The molecular formula is C16H20N2O3. The van der Waals surface area contributed by atoms with Crippen LogP contribution in [0, 0.1) is 11.8 Å². The lowest BCUT2D eigenvalue weighted by Gasteiger charge is -2.39. The van der Waals surface area contributed by atoms with Crippen LogP contribution in [-0.4, -0.2) is 41.0 Å². The van der Waals surface area contributed by atoms with E-state index in [1.807, 2.05) is 31.2 Å². The minimum atomic E-state index is -0.920. The normalized spacial score (nSPS) is 23.1. The third kappa shape index (κ3) is 2.53. The summed E-state index contributed by atoms with van der Waals surface area (Å²) in [6.07, 6.45) is 0.396. The quantitative estimate of drug-likeness (QED) is 0.866. The Morgan fingerprint density at radius 3 is 2.52 bits per heavy atom. The summed E-state index contributed by atoms with van der Waals surface area (Å²) < 4.78 is 0. The molecule has 0 aliphatic carbocycles. The van der Waals surface area contributed by atoms with Gasteiger partial charge in [-0.05, 0) is 30.1 Å². The SMILES string of the molecule is CC(C(=O)N1Cc2ccccc2CC1C(=O)O)C1CNC1. The van der Waals surface area contributed by atoms with Crippen LogP contribution in [-0.2, 0) is 22.6 Å². The van der Waals surface area contributed by atoms with E-state index in [1.165, 1.54) is 0 Å². The number of nitrogens with one attached hydrogen (secondary N) is 1. The molecule has 0 radical (unpaired) electrons. The first-order valence-electron chi connectivity index (χ1n) is 7.38. The van der Waals surface area contributed by atoms with E-state index in [0.717, 1.165) is 24.2 Å². The standard InChI is InChI=1S/C16H20N2O3/c1-10(13-7-17-8-13)15(19)18-9-12-5-3-2-4-11(12)6-14(18)16(20)21/h2-5,10,13-14,17H,6-9H2,1H3,(H,20,21). The number of carboxylic acid groups (broad SMARTS) is 1. The number of hydrogen-bond donors (Lipinski definition) is 2. The van der Waals surface area contributed by atoms with Crippen molar-refractivity contribution >= 4 is 11.9 Å². The number of benzene rings is 1. The highest BCUT2D eigenvalue weighted by Crippen LogP contribution is 2.27. The Morgan fingerprint density at radius 1 is 1.29 bits per heavy atom. The number of carboxylic acids is 1. The molecule has 2 atom stereocenters. The molecule has 5 heteroatoms. The predicted molar refractivity (Wildman–Crippen MR) is 77.6 cm³/mol. The van der Waals surface area contributed by atoms with Crippen molar-refractivity contribution < 1.29 is 14.7 Å². The molecule has 2 aliphatic rings. The van der Waals surface area contributed by atoms with E-state index in [0.29, 0.717) is 18.9 Å². The summed E-state index contributed by atoms with van der Waals surface area (Å²) in [5.41, 5.74) is 2.09. The third-order valence-electron chi connectivity index (χ3n) is 4.73. The zero-order chi connectivity index (χ0) is 15.0. The highest BCUT2D eigenvalue weighted by molar-refractivity contribution is 5.86. The molecule has 1 aromatic carbocycles. The van der Waals surface area contributed by atoms with E-state index in [-0.39, 0.29) is 11.8 Å². The molecule has 1 aromatic rings. The molecule has 0 spiro atoms. The number of amides is 1. The first-order chi connectivity index (χ1) is 10.1. The molecule has 1 fully saturated rings. The van der Waals surface area contributed by atoms with Gasteiger partial charge in [-0.15, -0.1) is 0 Å². The van der Waals surface area contributed by atoms with Gasteiger partial charge in [-0.3, -0.25) is 4.79 Å². The number of carbonyl (C=O) groups excluding carboxylic acids is 1. The second-order valence-corrected chi connectivity index (χ2v) is 6.00. The average Bonchev–Trinajstić information content (AvgIpc) is 2.43. The Labute approximate surface area is 123 Å². The van der Waals surface area contributed by atoms with Crippen molar-refractivity contribution in [2.24, 2.45) is 11.8 Å². The van der Waals surface area contributed by atoms with Gasteiger partial charge in [0, 0.05) is 18.9 Å². The van der Waals surface area contributed by atoms with Crippen molar-refractivity contribution in [1.29, 1.82) is 0 Å². The first-order valence-corrected chi connectivity index (χ1v) is 7.38. The Bertz CT molecular complexity index is 568. The number of fused-ring (bicyclic) bond motifs is 1. The monoisotopic (exact) mass is 288 g/mol. The van der Waals surface area contributed by atoms with E-state index in [2.05, 4.69) is 5.32 Å². The van der Waals surface area contributed by atoms with Gasteiger partial charge in [-0.1, -0.05) is 31.2 Å². The third-order valence-corrected chi connectivity index (χ3v) is 4.73. The summed E-state index contributed by atoms with van der Waals surface area (Å²) in [7, 11) is 0. The molecule has 5 nitrogen and oxygen atoms in total. The zero-order valence-corrected chi connectivity index (χ0v) is 12.1. The first kappa shape index (κ1) is 14.1. The van der Waals surface area contributed by atoms with Crippen molar-refractivity contribution in [3.8, 4) is 0 Å². The lowest BCUT2D eigenvalue weighted by Crippen LogP contribution is -2.55. The van der Waals surface area contributed by atoms with E-state index in [1.54, 1.807) is 4.90 Å². The molecule has 112 valence electrons. The van der Waals surface area contributed by atoms with Crippen LogP contribution in [0.4, 0.5) is 0 Å². The van der Waals surface area contributed by atoms with Gasteiger partial charge in [0.2, 0.25) is 5.91 Å². The minimum absolute atomic E-state index is 0.0385. The van der Waals surface area contributed by atoms with Crippen LogP contribution in [0.1, 0.15) is 18.1 Å². The van der Waals surface area contributed by atoms with Crippen molar-refractivity contribution in [2.75, 3.05) is 13.1 Å². The molecule has 1 amide bonds. The van der Waals surface area contributed by atoms with Crippen LogP contribution in [0.3, 0.4) is 0 Å². The van der Waals surface area contributed by atoms with Crippen molar-refractivity contribution in [3.05, 3.63) is 35.4 Å². The van der Waals surface area contributed by atoms with Gasteiger partial charge in [-0.25, -0.2) is 4.79 Å². The van der Waals surface area contributed by atoms with Crippen molar-refractivity contribution in [1.82, 2.24) is 10.2 Å². The molecule has 0 saturated carbocycles. The van der Waals surface area contributed by atoms with Crippen LogP contribution in [0.15, 0.2) is 24.3 Å². The fourth-order valence-corrected chi connectivity index (χ4v) is 3.10. The van der Waals surface area contributed by atoms with Gasteiger partial charge < -0.3 is 15.3 Å². The predicted octanol–water partition coefficient (Wildman–Crippen LogP) is 0.880. The summed E-state index contributed by atoms with van der Waals surface area (Å²) in [4.78, 5) is 25.8. The van der Waals surface area contributed by atoms with Crippen molar-refractivity contribution in [3.63, 3.8) is 0 Å². The lowest BCUT2D eigenvalue weighted by molar-refractivity contribution is -0.154. The number of carbonyl (C=O) groups is 2. The number of aliphatic carboxylic acids is 1. The highest BCUT2D eigenvalue weighted by atomic mass is 16.4. The second kappa shape index (κ2) is 5.48. The molecule has 3 rings (SSSR count). The maximum absolute atomic E-state index is 12.7. The largest absolute Gasteiger partial charge is 0.480 e. The molecule has 0 bridgehead atoms. The number of rotatable bonds is 3. The van der Waals surface area contributed by atoms with Gasteiger partial charge >= 0.3 is 5.97 Å². The van der Waals surface area contributed by atoms with Gasteiger partial charge in [0.1, 0.15) is 6.04 Å². The second-order valence-electron chi connectivity index (χ2n) is 6.00. The van der Waals surface area contributed by atoms with E-state index < -0.39 is 12.0 Å². The van der Waals surface area contributed by atoms with Crippen LogP contribution < -0.4 is 5.32 Å². The maximum atomic E-state index is 12.7. The fraction of sp³-hybridized carbons (Fsp3) is 0.500. The molecule has 2 aliphatic heterocycles. The topological polar surface area (TPSA) is 69.6 Å². The fourth-order valence-electron chi connectivity index (χ4n) is 3.10. The minimum Gasteiger partial charge on any atom is -0.480 e. The molecule has 1 saturated heterocycles. The number of nitrogens with zero attached hydrogens (tertiary/aromatic N) is 1. The molecule has 2 N–H and O–H groups in total. The molecular weight excluding hydrogens is 268 g/mol. The van der Waals surface area contributed by atoms with Crippen LogP contribution in [0.25, 0.3) is 0 Å². The van der Waals surface area contributed by atoms with Gasteiger partial charge in [-0.2, -0.15) is 0 Å². The summed E-state index contributed by atoms with van der Waals surface area (Å²) in [6.45, 7) is 3.99. The van der Waals surface area contributed by atoms with E-state index >= 15 is 0 Å². The summed E-state index contributed by atoms with van der Waals surface area (Å²) >= 11 is 0. The lowest BCUT2D eigenvalue weighted by atomic mass is 9.86. The smallest absolute Gasteiger partial charge is 0.326 e.